The van der Waals surface area contributed by atoms with Crippen molar-refractivity contribution in [2.45, 2.75) is 12.9 Å². The third-order valence-corrected chi connectivity index (χ3v) is 2.17. The summed E-state index contributed by atoms with van der Waals surface area (Å²) in [4.78, 5) is 11.9. The van der Waals surface area contributed by atoms with Crippen molar-refractivity contribution in [1.82, 2.24) is 4.90 Å². The molecule has 1 aromatic carbocycles. The Balaban J connectivity index is 2.65. The van der Waals surface area contributed by atoms with E-state index >= 15 is 0 Å². The van der Waals surface area contributed by atoms with Crippen LogP contribution in [0, 0.1) is 0 Å². The van der Waals surface area contributed by atoms with Crippen LogP contribution in [0.1, 0.15) is 5.56 Å². The number of carbonyl (C=O) groups excluding carboxylic acids is 1. The lowest BCUT2D eigenvalue weighted by molar-refractivity contribution is -0.274. The van der Waals surface area contributed by atoms with Crippen molar-refractivity contribution in [3.8, 4) is 5.75 Å². The fraction of sp³-hybridized carbons (Fsp3) is 0.300. The normalized spacial score (nSPS) is 11.1. The van der Waals surface area contributed by atoms with Gasteiger partial charge in [-0.2, -0.15) is 0 Å². The molecule has 0 heterocycles. The summed E-state index contributed by atoms with van der Waals surface area (Å²) in [7, 11) is 1.48. The first-order valence-electron chi connectivity index (χ1n) is 4.53. The van der Waals surface area contributed by atoms with Crippen molar-refractivity contribution in [2.24, 2.45) is 0 Å². The van der Waals surface area contributed by atoms with Crippen LogP contribution in [0.2, 0.25) is 0 Å². The van der Waals surface area contributed by atoms with Gasteiger partial charge in [-0.25, -0.2) is 0 Å². The average molecular weight is 268 g/mol. The second-order valence-electron chi connectivity index (χ2n) is 3.30. The second-order valence-corrected chi connectivity index (χ2v) is 3.62. The highest BCUT2D eigenvalue weighted by Crippen LogP contribution is 2.23. The molecule has 7 heteroatoms. The summed E-state index contributed by atoms with van der Waals surface area (Å²) in [5.41, 5.74) is 0.649. The number of carbonyl (C=O) groups is 1. The molecule has 0 N–H and O–H groups in total. The molecule has 0 aliphatic rings. The molecule has 0 aliphatic carbocycles. The van der Waals surface area contributed by atoms with E-state index in [9.17, 15) is 18.0 Å². The lowest BCUT2D eigenvalue weighted by Gasteiger charge is -2.14. The molecular weight excluding hydrogens is 259 g/mol. The van der Waals surface area contributed by atoms with Crippen LogP contribution >= 0.6 is 11.6 Å². The fourth-order valence-corrected chi connectivity index (χ4v) is 1.19. The predicted molar refractivity (Wildman–Crippen MR) is 55.8 cm³/mol. The Morgan fingerprint density at radius 1 is 1.35 bits per heavy atom. The molecule has 0 saturated carbocycles. The highest BCUT2D eigenvalue weighted by molar-refractivity contribution is 6.62. The Hall–Kier alpha value is -1.43. The van der Waals surface area contributed by atoms with Gasteiger partial charge in [0.2, 0.25) is 0 Å². The summed E-state index contributed by atoms with van der Waals surface area (Å²) < 4.78 is 39.3. The molecule has 0 saturated heterocycles. The van der Waals surface area contributed by atoms with Gasteiger partial charge in [-0.3, -0.25) is 4.79 Å². The largest absolute Gasteiger partial charge is 0.573 e. The molecule has 0 spiro atoms. The van der Waals surface area contributed by atoms with E-state index in [4.69, 9.17) is 11.6 Å². The summed E-state index contributed by atoms with van der Waals surface area (Å²) in [6.07, 6.45) is -4.70. The van der Waals surface area contributed by atoms with E-state index in [0.29, 0.717) is 5.56 Å². The predicted octanol–water partition coefficient (Wildman–Crippen LogP) is 3.38. The van der Waals surface area contributed by atoms with Crippen molar-refractivity contribution in [3.05, 3.63) is 29.8 Å². The molecule has 0 atom stereocenters. The highest BCUT2D eigenvalue weighted by Gasteiger charge is 2.30. The monoisotopic (exact) mass is 267 g/mol. The Morgan fingerprint density at radius 3 is 2.29 bits per heavy atom. The third kappa shape index (κ3) is 4.95. The molecule has 3 nitrogen and oxygen atoms in total. The smallest absolute Gasteiger partial charge is 0.406 e. The zero-order chi connectivity index (χ0) is 13.1. The average Bonchev–Trinajstić information content (AvgIpc) is 2.18. The molecule has 0 aromatic heterocycles. The van der Waals surface area contributed by atoms with Gasteiger partial charge in [0.1, 0.15) is 5.75 Å². The number of rotatable bonds is 3. The van der Waals surface area contributed by atoms with Gasteiger partial charge in [-0.15, -0.1) is 13.2 Å². The Bertz CT molecular complexity index is 392. The minimum atomic E-state index is -4.70. The lowest BCUT2D eigenvalue weighted by atomic mass is 10.2. The molecule has 94 valence electrons. The molecule has 17 heavy (non-hydrogen) atoms. The van der Waals surface area contributed by atoms with Gasteiger partial charge in [0.25, 0.3) is 0 Å². The zero-order valence-corrected chi connectivity index (χ0v) is 9.55. The summed E-state index contributed by atoms with van der Waals surface area (Å²) in [6.45, 7) is 0.217. The molecule has 0 radical (unpaired) electrons. The number of benzene rings is 1. The number of hydrogen-bond donors (Lipinski definition) is 0. The molecule has 0 aliphatic heterocycles. The van der Waals surface area contributed by atoms with Crippen LogP contribution in [0.3, 0.4) is 0 Å². The molecule has 0 fully saturated rings. The van der Waals surface area contributed by atoms with Crippen LogP contribution in [-0.2, 0) is 6.54 Å². The van der Waals surface area contributed by atoms with Crippen LogP contribution in [0.25, 0.3) is 0 Å². The van der Waals surface area contributed by atoms with Crippen LogP contribution < -0.4 is 4.74 Å². The van der Waals surface area contributed by atoms with E-state index in [0.717, 1.165) is 0 Å². The summed E-state index contributed by atoms with van der Waals surface area (Å²) >= 11 is 5.21. The number of alkyl halides is 3. The van der Waals surface area contributed by atoms with Crippen LogP contribution in [-0.4, -0.2) is 23.7 Å². The molecule has 1 aromatic rings. The first kappa shape index (κ1) is 13.6. The van der Waals surface area contributed by atoms with Crippen LogP contribution in [0.15, 0.2) is 24.3 Å². The SMILES string of the molecule is CN(Cc1ccc(OC(F)(F)F)cc1)C(=O)Cl. The van der Waals surface area contributed by atoms with Crippen molar-refractivity contribution < 1.29 is 22.7 Å². The summed E-state index contributed by atoms with van der Waals surface area (Å²) in [5, 5.41) is -0.638. The van der Waals surface area contributed by atoms with E-state index in [1.165, 1.54) is 36.2 Å². The Morgan fingerprint density at radius 2 is 1.88 bits per heavy atom. The lowest BCUT2D eigenvalue weighted by Crippen LogP contribution is -2.20. The second kappa shape index (κ2) is 5.27. The zero-order valence-electron chi connectivity index (χ0n) is 8.79. The summed E-state index contributed by atoms with van der Waals surface area (Å²) in [5.74, 6) is -0.305. The van der Waals surface area contributed by atoms with Gasteiger partial charge in [-0.05, 0) is 29.3 Å². The van der Waals surface area contributed by atoms with Gasteiger partial charge >= 0.3 is 11.7 Å². The number of amides is 1. The summed E-state index contributed by atoms with van der Waals surface area (Å²) in [6, 6.07) is 5.21. The molecule has 0 bridgehead atoms. The molecule has 1 amide bonds. The molecule has 1 rings (SSSR count). The number of nitrogens with zero attached hydrogens (tertiary/aromatic N) is 1. The standard InChI is InChI=1S/C10H9ClF3NO2/c1-15(9(11)16)6-7-2-4-8(5-3-7)17-10(12,13)14/h2-5H,6H2,1H3. The van der Waals surface area contributed by atoms with Crippen LogP contribution in [0.5, 0.6) is 5.75 Å². The number of ether oxygens (including phenoxy) is 1. The van der Waals surface area contributed by atoms with Gasteiger partial charge in [0.05, 0.1) is 0 Å². The maximum atomic E-state index is 11.9. The van der Waals surface area contributed by atoms with E-state index in [1.54, 1.807) is 0 Å². The van der Waals surface area contributed by atoms with Gasteiger partial charge in [0, 0.05) is 13.6 Å². The highest BCUT2D eigenvalue weighted by atomic mass is 35.5. The minimum Gasteiger partial charge on any atom is -0.406 e. The number of hydrogen-bond acceptors (Lipinski definition) is 2. The third-order valence-electron chi connectivity index (χ3n) is 1.88. The Kier molecular flexibility index (Phi) is 4.22. The Labute approximate surface area is 101 Å². The van der Waals surface area contributed by atoms with E-state index in [2.05, 4.69) is 4.74 Å². The maximum absolute atomic E-state index is 11.9. The van der Waals surface area contributed by atoms with Crippen molar-refractivity contribution in [3.63, 3.8) is 0 Å². The maximum Gasteiger partial charge on any atom is 0.573 e. The number of halogens is 4. The fourth-order valence-electron chi connectivity index (χ4n) is 1.13. The van der Waals surface area contributed by atoms with E-state index in [1.807, 2.05) is 0 Å². The molecular formula is C10H9ClF3NO2. The van der Waals surface area contributed by atoms with Crippen LogP contribution in [0.4, 0.5) is 18.0 Å². The minimum absolute atomic E-state index is 0.217. The van der Waals surface area contributed by atoms with Crippen molar-refractivity contribution in [1.29, 1.82) is 0 Å². The first-order valence-corrected chi connectivity index (χ1v) is 4.91. The quantitative estimate of drug-likeness (QED) is 0.621. The van der Waals surface area contributed by atoms with Gasteiger partial charge < -0.3 is 9.64 Å². The molecule has 0 unspecified atom stereocenters. The topological polar surface area (TPSA) is 29.5 Å². The van der Waals surface area contributed by atoms with Gasteiger partial charge in [-0.1, -0.05) is 12.1 Å². The van der Waals surface area contributed by atoms with E-state index in [-0.39, 0.29) is 12.3 Å². The van der Waals surface area contributed by atoms with E-state index < -0.39 is 11.7 Å². The van der Waals surface area contributed by atoms with Gasteiger partial charge in [0.15, 0.2) is 0 Å². The van der Waals surface area contributed by atoms with Crippen molar-refractivity contribution >= 4 is 17.0 Å². The first-order chi connectivity index (χ1) is 7.78. The van der Waals surface area contributed by atoms with Crippen molar-refractivity contribution in [2.75, 3.05) is 7.05 Å².